The summed E-state index contributed by atoms with van der Waals surface area (Å²) in [7, 11) is -1.99. The zero-order valence-electron chi connectivity index (χ0n) is 17.6. The molecule has 1 saturated heterocycles. The number of non-ortho nitro benzene ring substituents is 1. The highest BCUT2D eigenvalue weighted by atomic mass is 32.2. The van der Waals surface area contributed by atoms with Crippen molar-refractivity contribution in [1.29, 1.82) is 0 Å². The largest absolute Gasteiger partial charge is 0.378 e. The first-order valence-corrected chi connectivity index (χ1v) is 11.5. The van der Waals surface area contributed by atoms with Gasteiger partial charge in [-0.05, 0) is 30.3 Å². The number of hydrazone groups is 1. The molecule has 170 valence electrons. The number of nitro benzene ring substituents is 1. The second kappa shape index (κ2) is 9.75. The molecular formula is C20H23N5O6S. The molecule has 0 radical (unpaired) electrons. The molecule has 0 unspecified atom stereocenters. The number of anilines is 2. The van der Waals surface area contributed by atoms with Gasteiger partial charge >= 0.3 is 0 Å². The molecule has 2 aromatic rings. The number of ether oxygens (including phenoxy) is 1. The Morgan fingerprint density at radius 2 is 1.88 bits per heavy atom. The van der Waals surface area contributed by atoms with Crippen molar-refractivity contribution in [2.24, 2.45) is 5.10 Å². The molecule has 1 fully saturated rings. The maximum absolute atomic E-state index is 12.4. The first-order chi connectivity index (χ1) is 15.2. The smallest absolute Gasteiger partial charge is 0.271 e. The minimum absolute atomic E-state index is 0.0830. The van der Waals surface area contributed by atoms with E-state index in [1.54, 1.807) is 6.07 Å². The van der Waals surface area contributed by atoms with E-state index in [1.165, 1.54) is 49.7 Å². The summed E-state index contributed by atoms with van der Waals surface area (Å²) in [5.74, 6) is -0.506. The number of nitrogens with one attached hydrogen (secondary N) is 1. The number of carbonyl (C=O) groups excluding carboxylic acids is 1. The van der Waals surface area contributed by atoms with Crippen LogP contribution in [0, 0.1) is 10.1 Å². The molecule has 0 aliphatic carbocycles. The average Bonchev–Trinajstić information content (AvgIpc) is 2.78. The molecule has 0 saturated carbocycles. The van der Waals surface area contributed by atoms with Crippen LogP contribution in [-0.4, -0.2) is 65.1 Å². The van der Waals surface area contributed by atoms with Crippen molar-refractivity contribution in [2.45, 2.75) is 0 Å². The Hall–Kier alpha value is -3.51. The Kier molecular flexibility index (Phi) is 7.05. The summed E-state index contributed by atoms with van der Waals surface area (Å²) in [5, 5.41) is 15.1. The monoisotopic (exact) mass is 461 g/mol. The van der Waals surface area contributed by atoms with Crippen molar-refractivity contribution in [3.05, 3.63) is 63.7 Å². The maximum atomic E-state index is 12.4. The zero-order valence-corrected chi connectivity index (χ0v) is 18.4. The number of hydrogen-bond acceptors (Lipinski definition) is 8. The Morgan fingerprint density at radius 1 is 1.22 bits per heavy atom. The van der Waals surface area contributed by atoms with Gasteiger partial charge in [-0.15, -0.1) is 0 Å². The number of sulfonamides is 1. The van der Waals surface area contributed by atoms with Crippen LogP contribution in [0.4, 0.5) is 17.1 Å². The molecule has 1 N–H and O–H groups in total. The fourth-order valence-electron chi connectivity index (χ4n) is 3.09. The number of carbonyl (C=O) groups is 1. The van der Waals surface area contributed by atoms with E-state index >= 15 is 0 Å². The van der Waals surface area contributed by atoms with E-state index in [4.69, 9.17) is 4.74 Å². The second-order valence-electron chi connectivity index (χ2n) is 7.08. The SMILES string of the molecule is CN(c1ccc(C(=O)N/N=C\c2cc([N+](=O)[O-])ccc2N2CCOCC2)cc1)S(C)(=O)=O. The van der Waals surface area contributed by atoms with Gasteiger partial charge in [-0.2, -0.15) is 5.10 Å². The minimum atomic E-state index is -3.41. The molecule has 0 spiro atoms. The zero-order chi connectivity index (χ0) is 23.3. The molecule has 1 aliphatic rings. The average molecular weight is 462 g/mol. The Balaban J connectivity index is 1.75. The molecule has 2 aromatic carbocycles. The van der Waals surface area contributed by atoms with Crippen LogP contribution < -0.4 is 14.6 Å². The fourth-order valence-corrected chi connectivity index (χ4v) is 3.59. The lowest BCUT2D eigenvalue weighted by Gasteiger charge is -2.29. The number of nitrogens with zero attached hydrogens (tertiary/aromatic N) is 4. The third-order valence-electron chi connectivity index (χ3n) is 4.93. The summed E-state index contributed by atoms with van der Waals surface area (Å²) >= 11 is 0. The van der Waals surface area contributed by atoms with Crippen molar-refractivity contribution in [3.8, 4) is 0 Å². The van der Waals surface area contributed by atoms with E-state index in [2.05, 4.69) is 10.5 Å². The van der Waals surface area contributed by atoms with Crippen molar-refractivity contribution in [3.63, 3.8) is 0 Å². The van der Waals surface area contributed by atoms with Crippen LogP contribution in [0.25, 0.3) is 0 Å². The molecule has 3 rings (SSSR count). The molecule has 0 bridgehead atoms. The predicted octanol–water partition coefficient (Wildman–Crippen LogP) is 1.59. The molecule has 0 atom stereocenters. The van der Waals surface area contributed by atoms with E-state index in [9.17, 15) is 23.3 Å². The first kappa shape index (κ1) is 23.2. The lowest BCUT2D eigenvalue weighted by atomic mass is 10.1. The summed E-state index contributed by atoms with van der Waals surface area (Å²) < 4.78 is 29.7. The van der Waals surface area contributed by atoms with Gasteiger partial charge in [0.25, 0.3) is 11.6 Å². The molecule has 1 aliphatic heterocycles. The van der Waals surface area contributed by atoms with E-state index in [1.807, 2.05) is 4.90 Å². The van der Waals surface area contributed by atoms with Crippen LogP contribution in [0.2, 0.25) is 0 Å². The highest BCUT2D eigenvalue weighted by molar-refractivity contribution is 7.92. The molecule has 11 nitrogen and oxygen atoms in total. The molecule has 12 heteroatoms. The van der Waals surface area contributed by atoms with Gasteiger partial charge in [-0.25, -0.2) is 13.8 Å². The lowest BCUT2D eigenvalue weighted by molar-refractivity contribution is -0.384. The topological polar surface area (TPSA) is 134 Å². The van der Waals surface area contributed by atoms with E-state index in [0.717, 1.165) is 16.2 Å². The van der Waals surface area contributed by atoms with Gasteiger partial charge in [0.2, 0.25) is 10.0 Å². The maximum Gasteiger partial charge on any atom is 0.271 e. The number of nitro groups is 1. The standard InChI is InChI=1S/C20H23N5O6S/c1-23(32(2,29)30)17-5-3-15(4-6-17)20(26)22-21-14-16-13-18(25(27)28)7-8-19(16)24-9-11-31-12-10-24/h3-8,13-14H,9-12H2,1-2H3,(H,22,26)/b21-14-. The third kappa shape index (κ3) is 5.59. The minimum Gasteiger partial charge on any atom is -0.378 e. The van der Waals surface area contributed by atoms with Gasteiger partial charge in [-0.1, -0.05) is 0 Å². The van der Waals surface area contributed by atoms with Crippen LogP contribution in [0.3, 0.4) is 0 Å². The summed E-state index contributed by atoms with van der Waals surface area (Å²) in [6.45, 7) is 2.38. The van der Waals surface area contributed by atoms with E-state index < -0.39 is 20.9 Å². The summed E-state index contributed by atoms with van der Waals surface area (Å²) in [6.07, 6.45) is 2.45. The van der Waals surface area contributed by atoms with Gasteiger partial charge < -0.3 is 9.64 Å². The Morgan fingerprint density at radius 3 is 2.47 bits per heavy atom. The Labute approximate surface area is 185 Å². The van der Waals surface area contributed by atoms with Crippen LogP contribution in [0.5, 0.6) is 0 Å². The third-order valence-corrected chi connectivity index (χ3v) is 6.14. The van der Waals surface area contributed by atoms with E-state index in [-0.39, 0.29) is 11.3 Å². The van der Waals surface area contributed by atoms with Crippen molar-refractivity contribution in [1.82, 2.24) is 5.43 Å². The number of benzene rings is 2. The molecule has 1 amide bonds. The van der Waals surface area contributed by atoms with Gasteiger partial charge in [0.1, 0.15) is 0 Å². The van der Waals surface area contributed by atoms with E-state index in [0.29, 0.717) is 37.6 Å². The normalized spacial score (nSPS) is 14.4. The highest BCUT2D eigenvalue weighted by Gasteiger charge is 2.17. The lowest BCUT2D eigenvalue weighted by Crippen LogP contribution is -2.36. The first-order valence-electron chi connectivity index (χ1n) is 9.65. The Bertz CT molecular complexity index is 1130. The second-order valence-corrected chi connectivity index (χ2v) is 9.09. The number of rotatable bonds is 7. The predicted molar refractivity (Wildman–Crippen MR) is 121 cm³/mol. The molecule has 1 heterocycles. The number of morpholine rings is 1. The van der Waals surface area contributed by atoms with Crippen LogP contribution in [0.15, 0.2) is 47.6 Å². The van der Waals surface area contributed by atoms with Crippen LogP contribution in [0.1, 0.15) is 15.9 Å². The van der Waals surface area contributed by atoms with Crippen molar-refractivity contribution < 1.29 is 22.9 Å². The highest BCUT2D eigenvalue weighted by Crippen LogP contribution is 2.25. The summed E-state index contributed by atoms with van der Waals surface area (Å²) in [6, 6.07) is 10.5. The van der Waals surface area contributed by atoms with Gasteiger partial charge in [0.15, 0.2) is 0 Å². The van der Waals surface area contributed by atoms with Crippen molar-refractivity contribution in [2.75, 3.05) is 48.8 Å². The summed E-state index contributed by atoms with van der Waals surface area (Å²) in [4.78, 5) is 25.1. The quantitative estimate of drug-likeness (QED) is 0.376. The number of amides is 1. The number of hydrogen-bond donors (Lipinski definition) is 1. The fraction of sp³-hybridized carbons (Fsp3) is 0.300. The molecule has 32 heavy (non-hydrogen) atoms. The summed E-state index contributed by atoms with van der Waals surface area (Å²) in [5.41, 5.74) is 4.25. The van der Waals surface area contributed by atoms with Gasteiger partial charge in [0, 0.05) is 49.1 Å². The van der Waals surface area contributed by atoms with Crippen LogP contribution in [-0.2, 0) is 14.8 Å². The van der Waals surface area contributed by atoms with Crippen LogP contribution >= 0.6 is 0 Å². The van der Waals surface area contributed by atoms with Crippen molar-refractivity contribution >= 4 is 39.2 Å². The van der Waals surface area contributed by atoms with Gasteiger partial charge in [0.05, 0.1) is 36.3 Å². The molecular weight excluding hydrogens is 438 g/mol. The molecule has 0 aromatic heterocycles. The van der Waals surface area contributed by atoms with Gasteiger partial charge in [-0.3, -0.25) is 19.2 Å².